The van der Waals surface area contributed by atoms with E-state index in [2.05, 4.69) is 10.6 Å². The van der Waals surface area contributed by atoms with E-state index in [4.69, 9.17) is 21.1 Å². The van der Waals surface area contributed by atoms with Crippen molar-refractivity contribution in [1.82, 2.24) is 0 Å². The predicted molar refractivity (Wildman–Crippen MR) is 92.7 cm³/mol. The van der Waals surface area contributed by atoms with Crippen LogP contribution in [0.3, 0.4) is 0 Å². The number of rotatable bonds is 6. The van der Waals surface area contributed by atoms with E-state index in [1.165, 1.54) is 19.2 Å². The molecule has 0 bridgehead atoms. The zero-order chi connectivity index (χ0) is 17.7. The standard InChI is InChI=1S/C17H18ClFN2O3/c1-10(17(22)21-14-6-4-11(19)8-13(14)18)20-15-7-5-12(23-2)9-16(15)24-3/h4-10,20H,1-3H3,(H,21,22). The van der Waals surface area contributed by atoms with Gasteiger partial charge >= 0.3 is 0 Å². The van der Waals surface area contributed by atoms with Gasteiger partial charge in [0.1, 0.15) is 23.4 Å². The van der Waals surface area contributed by atoms with Crippen LogP contribution in [-0.4, -0.2) is 26.2 Å². The number of ether oxygens (including phenoxy) is 2. The lowest BCUT2D eigenvalue weighted by molar-refractivity contribution is -0.116. The fraction of sp³-hybridized carbons (Fsp3) is 0.235. The number of benzene rings is 2. The third-order valence-electron chi connectivity index (χ3n) is 3.36. The molecule has 1 unspecified atom stereocenters. The minimum atomic E-state index is -0.576. The highest BCUT2D eigenvalue weighted by molar-refractivity contribution is 6.33. The summed E-state index contributed by atoms with van der Waals surface area (Å²) in [5.41, 5.74) is 0.990. The van der Waals surface area contributed by atoms with Crippen LogP contribution in [0.5, 0.6) is 11.5 Å². The second kappa shape index (κ2) is 7.88. The lowest BCUT2D eigenvalue weighted by Gasteiger charge is -2.18. The van der Waals surface area contributed by atoms with Crippen LogP contribution in [-0.2, 0) is 4.79 Å². The molecule has 2 aromatic rings. The maximum atomic E-state index is 13.0. The third kappa shape index (κ3) is 4.29. The molecule has 2 rings (SSSR count). The first-order chi connectivity index (χ1) is 11.4. The Kier molecular flexibility index (Phi) is 5.87. The van der Waals surface area contributed by atoms with E-state index < -0.39 is 11.9 Å². The zero-order valence-corrected chi connectivity index (χ0v) is 14.3. The molecule has 0 saturated heterocycles. The number of carbonyl (C=O) groups is 1. The summed E-state index contributed by atoms with van der Waals surface area (Å²) in [4.78, 5) is 12.3. The van der Waals surface area contributed by atoms with E-state index in [0.717, 1.165) is 6.07 Å². The van der Waals surface area contributed by atoms with Gasteiger partial charge in [0.2, 0.25) is 5.91 Å². The Hall–Kier alpha value is -2.47. The van der Waals surface area contributed by atoms with E-state index in [1.807, 2.05) is 0 Å². The molecule has 0 aliphatic heterocycles. The first-order valence-corrected chi connectivity index (χ1v) is 7.57. The lowest BCUT2D eigenvalue weighted by atomic mass is 10.2. The zero-order valence-electron chi connectivity index (χ0n) is 13.5. The van der Waals surface area contributed by atoms with E-state index in [-0.39, 0.29) is 10.9 Å². The number of anilines is 2. The molecule has 24 heavy (non-hydrogen) atoms. The molecule has 0 aliphatic rings. The van der Waals surface area contributed by atoms with Crippen molar-refractivity contribution in [2.24, 2.45) is 0 Å². The van der Waals surface area contributed by atoms with Crippen molar-refractivity contribution in [2.75, 3.05) is 24.9 Å². The van der Waals surface area contributed by atoms with Gasteiger partial charge in [-0.1, -0.05) is 11.6 Å². The lowest BCUT2D eigenvalue weighted by Crippen LogP contribution is -2.32. The van der Waals surface area contributed by atoms with Gasteiger partial charge in [0.25, 0.3) is 0 Å². The second-order valence-electron chi connectivity index (χ2n) is 5.05. The van der Waals surface area contributed by atoms with Crippen molar-refractivity contribution in [1.29, 1.82) is 0 Å². The fourth-order valence-electron chi connectivity index (χ4n) is 2.05. The Morgan fingerprint density at radius 3 is 2.46 bits per heavy atom. The average molecular weight is 353 g/mol. The summed E-state index contributed by atoms with van der Waals surface area (Å²) in [7, 11) is 3.09. The largest absolute Gasteiger partial charge is 0.497 e. The molecule has 0 aromatic heterocycles. The molecule has 2 N–H and O–H groups in total. The summed E-state index contributed by atoms with van der Waals surface area (Å²) in [5, 5.41) is 5.84. The predicted octanol–water partition coefficient (Wildman–Crippen LogP) is 3.94. The van der Waals surface area contributed by atoms with Crippen molar-refractivity contribution in [3.05, 3.63) is 47.2 Å². The number of hydrogen-bond acceptors (Lipinski definition) is 4. The summed E-state index contributed by atoms with van der Waals surface area (Å²) in [5.74, 6) is 0.412. The highest BCUT2D eigenvalue weighted by Gasteiger charge is 2.16. The fourth-order valence-corrected chi connectivity index (χ4v) is 2.26. The summed E-state index contributed by atoms with van der Waals surface area (Å²) < 4.78 is 23.5. The Morgan fingerprint density at radius 1 is 1.12 bits per heavy atom. The molecule has 0 saturated carbocycles. The Labute approximate surface area is 144 Å². The Bertz CT molecular complexity index is 740. The van der Waals surface area contributed by atoms with Crippen LogP contribution in [0.1, 0.15) is 6.92 Å². The van der Waals surface area contributed by atoms with Gasteiger partial charge < -0.3 is 20.1 Å². The second-order valence-corrected chi connectivity index (χ2v) is 5.45. The molecule has 5 nitrogen and oxygen atoms in total. The number of halogens is 2. The number of carbonyl (C=O) groups excluding carboxylic acids is 1. The van der Waals surface area contributed by atoms with Gasteiger partial charge in [-0.2, -0.15) is 0 Å². The molecule has 0 radical (unpaired) electrons. The summed E-state index contributed by atoms with van der Waals surface area (Å²) >= 11 is 5.91. The normalized spacial score (nSPS) is 11.5. The van der Waals surface area contributed by atoms with Gasteiger partial charge in [-0.05, 0) is 37.3 Å². The van der Waals surface area contributed by atoms with Gasteiger partial charge in [-0.3, -0.25) is 4.79 Å². The van der Waals surface area contributed by atoms with Crippen LogP contribution in [0, 0.1) is 5.82 Å². The molecule has 1 atom stereocenters. The number of hydrogen-bond donors (Lipinski definition) is 2. The van der Waals surface area contributed by atoms with Crippen LogP contribution in [0.25, 0.3) is 0 Å². The number of amides is 1. The monoisotopic (exact) mass is 352 g/mol. The van der Waals surface area contributed by atoms with Gasteiger partial charge in [-0.15, -0.1) is 0 Å². The van der Waals surface area contributed by atoms with Crippen molar-refractivity contribution in [2.45, 2.75) is 13.0 Å². The quantitative estimate of drug-likeness (QED) is 0.826. The van der Waals surface area contributed by atoms with Crippen LogP contribution in [0.2, 0.25) is 5.02 Å². The van der Waals surface area contributed by atoms with Crippen molar-refractivity contribution < 1.29 is 18.7 Å². The first-order valence-electron chi connectivity index (χ1n) is 7.19. The van der Waals surface area contributed by atoms with Gasteiger partial charge in [0, 0.05) is 6.07 Å². The van der Waals surface area contributed by atoms with Crippen LogP contribution in [0.4, 0.5) is 15.8 Å². The van der Waals surface area contributed by atoms with Gasteiger partial charge in [-0.25, -0.2) is 4.39 Å². The summed E-state index contributed by atoms with van der Waals surface area (Å²) in [6.45, 7) is 1.69. The maximum absolute atomic E-state index is 13.0. The van der Waals surface area contributed by atoms with Gasteiger partial charge in [0.05, 0.1) is 30.6 Å². The van der Waals surface area contributed by atoms with Gasteiger partial charge in [0.15, 0.2) is 0 Å². The molecular formula is C17H18ClFN2O3. The minimum Gasteiger partial charge on any atom is -0.497 e. The smallest absolute Gasteiger partial charge is 0.246 e. The SMILES string of the molecule is COc1ccc(NC(C)C(=O)Nc2ccc(F)cc2Cl)c(OC)c1. The highest BCUT2D eigenvalue weighted by atomic mass is 35.5. The average Bonchev–Trinajstić information content (AvgIpc) is 2.57. The molecule has 1 amide bonds. The third-order valence-corrected chi connectivity index (χ3v) is 3.68. The molecule has 7 heteroatoms. The van der Waals surface area contributed by atoms with E-state index in [1.54, 1.807) is 32.2 Å². The molecule has 0 heterocycles. The topological polar surface area (TPSA) is 59.6 Å². The van der Waals surface area contributed by atoms with E-state index in [9.17, 15) is 9.18 Å². The Balaban J connectivity index is 2.08. The van der Waals surface area contributed by atoms with Crippen molar-refractivity contribution in [3.8, 4) is 11.5 Å². The van der Waals surface area contributed by atoms with Crippen molar-refractivity contribution in [3.63, 3.8) is 0 Å². The highest BCUT2D eigenvalue weighted by Crippen LogP contribution is 2.30. The number of nitrogens with one attached hydrogen (secondary N) is 2. The molecular weight excluding hydrogens is 335 g/mol. The van der Waals surface area contributed by atoms with E-state index in [0.29, 0.717) is 22.9 Å². The Morgan fingerprint density at radius 2 is 1.83 bits per heavy atom. The molecule has 128 valence electrons. The minimum absolute atomic E-state index is 0.137. The molecule has 2 aromatic carbocycles. The van der Waals surface area contributed by atoms with E-state index >= 15 is 0 Å². The summed E-state index contributed by atoms with van der Waals surface area (Å²) in [6.07, 6.45) is 0. The maximum Gasteiger partial charge on any atom is 0.246 e. The molecule has 0 spiro atoms. The molecule has 0 fully saturated rings. The summed E-state index contributed by atoms with van der Waals surface area (Å²) in [6, 6.07) is 8.43. The molecule has 0 aliphatic carbocycles. The van der Waals surface area contributed by atoms with Crippen LogP contribution < -0.4 is 20.1 Å². The van der Waals surface area contributed by atoms with Crippen molar-refractivity contribution >= 4 is 28.9 Å². The van der Waals surface area contributed by atoms with Crippen LogP contribution >= 0.6 is 11.6 Å². The first kappa shape index (κ1) is 17.9. The number of methoxy groups -OCH3 is 2. The van der Waals surface area contributed by atoms with Crippen LogP contribution in [0.15, 0.2) is 36.4 Å².